The van der Waals surface area contributed by atoms with E-state index in [1.165, 1.54) is 70.9 Å². The van der Waals surface area contributed by atoms with Gasteiger partial charge in [0.2, 0.25) is 5.91 Å². The third-order valence-electron chi connectivity index (χ3n) is 4.94. The molecule has 1 amide bonds. The van der Waals surface area contributed by atoms with Crippen LogP contribution in [-0.4, -0.2) is 37.0 Å². The van der Waals surface area contributed by atoms with Gasteiger partial charge in [0.25, 0.3) is 0 Å². The van der Waals surface area contributed by atoms with Gasteiger partial charge in [-0.05, 0) is 44.7 Å². The average Bonchev–Trinajstić information content (AvgIpc) is 2.49. The molecule has 2 aliphatic rings. The predicted molar refractivity (Wildman–Crippen MR) is 83.7 cm³/mol. The minimum Gasteiger partial charge on any atom is -0.355 e. The molecule has 2 rings (SSSR count). The van der Waals surface area contributed by atoms with Crippen LogP contribution in [0.15, 0.2) is 0 Å². The van der Waals surface area contributed by atoms with Crippen LogP contribution in [0.25, 0.3) is 0 Å². The van der Waals surface area contributed by atoms with Gasteiger partial charge in [-0.1, -0.05) is 38.5 Å². The summed E-state index contributed by atoms with van der Waals surface area (Å²) in [5.74, 6) is 1.17. The highest BCUT2D eigenvalue weighted by atomic mass is 16.1. The second-order valence-corrected chi connectivity index (χ2v) is 6.65. The maximum atomic E-state index is 11.8. The molecule has 1 saturated carbocycles. The molecule has 1 saturated heterocycles. The van der Waals surface area contributed by atoms with E-state index in [1.807, 2.05) is 0 Å². The highest BCUT2D eigenvalue weighted by Gasteiger charge is 2.14. The first-order valence-electron chi connectivity index (χ1n) is 8.83. The molecule has 0 aromatic rings. The van der Waals surface area contributed by atoms with Crippen molar-refractivity contribution in [2.24, 2.45) is 5.92 Å². The third-order valence-corrected chi connectivity index (χ3v) is 4.94. The molecule has 3 nitrogen and oxygen atoms in total. The normalized spacial score (nSPS) is 21.8. The van der Waals surface area contributed by atoms with Crippen molar-refractivity contribution in [1.29, 1.82) is 0 Å². The van der Waals surface area contributed by atoms with Crippen LogP contribution in [0.1, 0.15) is 70.6 Å². The smallest absolute Gasteiger partial charge is 0.220 e. The van der Waals surface area contributed by atoms with Crippen molar-refractivity contribution in [3.63, 3.8) is 0 Å². The number of likely N-dealkylation sites (tertiary alicyclic amines) is 1. The Labute approximate surface area is 124 Å². The second-order valence-electron chi connectivity index (χ2n) is 6.65. The van der Waals surface area contributed by atoms with Gasteiger partial charge in [-0.25, -0.2) is 0 Å². The molecule has 1 aliphatic heterocycles. The topological polar surface area (TPSA) is 32.3 Å². The largest absolute Gasteiger partial charge is 0.355 e. The Morgan fingerprint density at radius 1 is 1.00 bits per heavy atom. The highest BCUT2D eigenvalue weighted by molar-refractivity contribution is 5.75. The number of hydrogen-bond donors (Lipinski definition) is 1. The van der Waals surface area contributed by atoms with Crippen molar-refractivity contribution in [1.82, 2.24) is 10.2 Å². The summed E-state index contributed by atoms with van der Waals surface area (Å²) >= 11 is 0. The average molecular weight is 280 g/mol. The predicted octanol–water partition coefficient (Wildman–Crippen LogP) is 3.34. The zero-order valence-corrected chi connectivity index (χ0v) is 13.0. The summed E-state index contributed by atoms with van der Waals surface area (Å²) in [4.78, 5) is 14.3. The lowest BCUT2D eigenvalue weighted by Gasteiger charge is -2.26. The quantitative estimate of drug-likeness (QED) is 0.775. The first-order chi connectivity index (χ1) is 9.84. The lowest BCUT2D eigenvalue weighted by Crippen LogP contribution is -2.37. The fourth-order valence-corrected chi connectivity index (χ4v) is 3.65. The van der Waals surface area contributed by atoms with Crippen molar-refractivity contribution in [2.75, 3.05) is 26.2 Å². The summed E-state index contributed by atoms with van der Waals surface area (Å²) in [6, 6.07) is 0. The molecule has 20 heavy (non-hydrogen) atoms. The van der Waals surface area contributed by atoms with Gasteiger partial charge < -0.3 is 10.2 Å². The summed E-state index contributed by atoms with van der Waals surface area (Å²) in [7, 11) is 0. The van der Waals surface area contributed by atoms with E-state index in [-0.39, 0.29) is 5.91 Å². The summed E-state index contributed by atoms with van der Waals surface area (Å²) in [6.07, 6.45) is 14.2. The lowest BCUT2D eigenvalue weighted by atomic mass is 9.86. The van der Waals surface area contributed by atoms with Gasteiger partial charge in [-0.2, -0.15) is 0 Å². The number of nitrogens with one attached hydrogen (secondary N) is 1. The third kappa shape index (κ3) is 6.25. The molecule has 0 aromatic heterocycles. The van der Waals surface area contributed by atoms with Gasteiger partial charge in [0, 0.05) is 19.5 Å². The van der Waals surface area contributed by atoms with E-state index in [0.29, 0.717) is 0 Å². The van der Waals surface area contributed by atoms with Gasteiger partial charge in [0.1, 0.15) is 0 Å². The van der Waals surface area contributed by atoms with E-state index in [2.05, 4.69) is 10.2 Å². The van der Waals surface area contributed by atoms with Crippen LogP contribution >= 0.6 is 0 Å². The molecule has 0 atom stereocenters. The fraction of sp³-hybridized carbons (Fsp3) is 0.941. The summed E-state index contributed by atoms with van der Waals surface area (Å²) in [6.45, 7) is 4.31. The molecule has 0 bridgehead atoms. The lowest BCUT2D eigenvalue weighted by molar-refractivity contribution is -0.121. The summed E-state index contributed by atoms with van der Waals surface area (Å²) in [5, 5.41) is 3.09. The number of carbonyl (C=O) groups is 1. The number of carbonyl (C=O) groups excluding carboxylic acids is 1. The molecular weight excluding hydrogens is 248 g/mol. The number of rotatable bonds is 7. The molecule has 0 radical (unpaired) electrons. The molecule has 116 valence electrons. The van der Waals surface area contributed by atoms with Gasteiger partial charge in [-0.15, -0.1) is 0 Å². The Hall–Kier alpha value is -0.570. The molecule has 2 fully saturated rings. The molecular formula is C17H32N2O. The van der Waals surface area contributed by atoms with Crippen molar-refractivity contribution in [3.8, 4) is 0 Å². The molecule has 1 heterocycles. The van der Waals surface area contributed by atoms with Gasteiger partial charge >= 0.3 is 0 Å². The Balaban J connectivity index is 1.45. The standard InChI is InChI=1S/C17H32N2O/c20-17(11-7-10-16-8-3-1-4-9-16)18-12-15-19-13-5-2-6-14-19/h16H,1-15H2,(H,18,20). The summed E-state index contributed by atoms with van der Waals surface area (Å²) < 4.78 is 0. The van der Waals surface area contributed by atoms with Crippen LogP contribution in [0.2, 0.25) is 0 Å². The monoisotopic (exact) mass is 280 g/mol. The molecule has 3 heteroatoms. The van der Waals surface area contributed by atoms with E-state index in [9.17, 15) is 4.79 Å². The maximum Gasteiger partial charge on any atom is 0.220 e. The minimum atomic E-state index is 0.262. The van der Waals surface area contributed by atoms with Gasteiger partial charge in [0.05, 0.1) is 0 Å². The van der Waals surface area contributed by atoms with Crippen LogP contribution in [0.3, 0.4) is 0 Å². The van der Waals surface area contributed by atoms with E-state index in [4.69, 9.17) is 0 Å². The first kappa shape index (κ1) is 15.8. The Morgan fingerprint density at radius 2 is 1.70 bits per heavy atom. The van der Waals surface area contributed by atoms with Crippen LogP contribution < -0.4 is 5.32 Å². The maximum absolute atomic E-state index is 11.8. The molecule has 1 aliphatic carbocycles. The highest BCUT2D eigenvalue weighted by Crippen LogP contribution is 2.27. The first-order valence-corrected chi connectivity index (χ1v) is 8.83. The molecule has 0 aromatic carbocycles. The fourth-order valence-electron chi connectivity index (χ4n) is 3.65. The van der Waals surface area contributed by atoms with Crippen LogP contribution in [0.4, 0.5) is 0 Å². The molecule has 1 N–H and O–H groups in total. The molecule has 0 unspecified atom stereocenters. The number of piperidine rings is 1. The Kier molecular flexibility index (Phi) is 7.42. The van der Waals surface area contributed by atoms with Crippen molar-refractivity contribution < 1.29 is 4.79 Å². The van der Waals surface area contributed by atoms with E-state index in [1.54, 1.807) is 0 Å². The number of amides is 1. The Morgan fingerprint density at radius 3 is 2.45 bits per heavy atom. The van der Waals surface area contributed by atoms with Gasteiger partial charge in [-0.3, -0.25) is 4.79 Å². The van der Waals surface area contributed by atoms with Crippen LogP contribution in [-0.2, 0) is 4.79 Å². The zero-order valence-electron chi connectivity index (χ0n) is 13.0. The van der Waals surface area contributed by atoms with Crippen molar-refractivity contribution >= 4 is 5.91 Å². The van der Waals surface area contributed by atoms with Gasteiger partial charge in [0.15, 0.2) is 0 Å². The van der Waals surface area contributed by atoms with Crippen LogP contribution in [0, 0.1) is 5.92 Å². The summed E-state index contributed by atoms with van der Waals surface area (Å²) in [5.41, 5.74) is 0. The van der Waals surface area contributed by atoms with E-state index in [0.717, 1.165) is 31.8 Å². The minimum absolute atomic E-state index is 0.262. The van der Waals surface area contributed by atoms with Crippen LogP contribution in [0.5, 0.6) is 0 Å². The Bertz CT molecular complexity index is 242. The van der Waals surface area contributed by atoms with E-state index >= 15 is 0 Å². The second kappa shape index (κ2) is 9.38. The molecule has 0 spiro atoms. The SMILES string of the molecule is O=C(CCCC1CCCCC1)NCCN1CCCCC1. The number of nitrogens with zero attached hydrogens (tertiary/aromatic N) is 1. The van der Waals surface area contributed by atoms with E-state index < -0.39 is 0 Å². The van der Waals surface area contributed by atoms with Crippen molar-refractivity contribution in [2.45, 2.75) is 70.6 Å². The van der Waals surface area contributed by atoms with Crippen molar-refractivity contribution in [3.05, 3.63) is 0 Å². The zero-order chi connectivity index (χ0) is 14.0. The number of hydrogen-bond acceptors (Lipinski definition) is 2.